The highest BCUT2D eigenvalue weighted by Gasteiger charge is 2.15. The fraction of sp³-hybridized carbons (Fsp3) is 0.167. The van der Waals surface area contributed by atoms with Gasteiger partial charge in [-0.1, -0.05) is 6.07 Å². The monoisotopic (exact) mass is 248 g/mol. The third-order valence-electron chi connectivity index (χ3n) is 2.32. The minimum Gasteiger partial charge on any atom is -0.505 e. The van der Waals surface area contributed by atoms with Gasteiger partial charge in [-0.15, -0.1) is 11.3 Å². The first-order chi connectivity index (χ1) is 8.18. The van der Waals surface area contributed by atoms with Crippen LogP contribution in [0.4, 0.5) is 0 Å². The summed E-state index contributed by atoms with van der Waals surface area (Å²) in [5, 5.41) is 14.2. The molecule has 1 amide bonds. The van der Waals surface area contributed by atoms with Crippen molar-refractivity contribution in [3.05, 3.63) is 46.4 Å². The van der Waals surface area contributed by atoms with E-state index in [-0.39, 0.29) is 23.4 Å². The molecule has 0 radical (unpaired) electrons. The number of aromatic nitrogens is 1. The highest BCUT2D eigenvalue weighted by Crippen LogP contribution is 2.19. The van der Waals surface area contributed by atoms with Crippen LogP contribution in [0.25, 0.3) is 0 Å². The Bertz CT molecular complexity index is 511. The first-order valence-corrected chi connectivity index (χ1v) is 6.04. The average Bonchev–Trinajstić information content (AvgIpc) is 2.82. The van der Waals surface area contributed by atoms with Crippen LogP contribution in [-0.4, -0.2) is 16.0 Å². The Labute approximate surface area is 103 Å². The summed E-state index contributed by atoms with van der Waals surface area (Å²) >= 11 is 1.57. The summed E-state index contributed by atoms with van der Waals surface area (Å²) < 4.78 is 0. The topological polar surface area (TPSA) is 62.2 Å². The van der Waals surface area contributed by atoms with Crippen molar-refractivity contribution in [1.29, 1.82) is 0 Å². The number of pyridine rings is 1. The summed E-state index contributed by atoms with van der Waals surface area (Å²) in [5.74, 6) is -0.479. The molecule has 0 bridgehead atoms. The highest BCUT2D eigenvalue weighted by atomic mass is 32.1. The van der Waals surface area contributed by atoms with Gasteiger partial charge in [-0.2, -0.15) is 0 Å². The van der Waals surface area contributed by atoms with Gasteiger partial charge < -0.3 is 10.4 Å². The number of hydrogen-bond acceptors (Lipinski definition) is 4. The van der Waals surface area contributed by atoms with Gasteiger partial charge in [-0.3, -0.25) is 4.79 Å². The molecule has 2 aromatic heterocycles. The summed E-state index contributed by atoms with van der Waals surface area (Å²) in [6.07, 6.45) is 1.48. The van der Waals surface area contributed by atoms with Crippen molar-refractivity contribution in [3.63, 3.8) is 0 Å². The van der Waals surface area contributed by atoms with Crippen LogP contribution in [0.15, 0.2) is 35.8 Å². The molecule has 4 nitrogen and oxygen atoms in total. The number of rotatable bonds is 3. The van der Waals surface area contributed by atoms with E-state index in [9.17, 15) is 9.90 Å². The molecule has 2 rings (SSSR count). The SMILES string of the molecule is C[C@@H](NC(=O)c1ncccc1O)c1cccs1. The molecule has 0 saturated heterocycles. The zero-order valence-corrected chi connectivity index (χ0v) is 10.1. The van der Waals surface area contributed by atoms with E-state index in [0.717, 1.165) is 4.88 Å². The molecule has 5 heteroatoms. The average molecular weight is 248 g/mol. The van der Waals surface area contributed by atoms with Crippen molar-refractivity contribution in [2.24, 2.45) is 0 Å². The van der Waals surface area contributed by atoms with E-state index in [1.807, 2.05) is 24.4 Å². The van der Waals surface area contributed by atoms with Crippen LogP contribution < -0.4 is 5.32 Å². The Balaban J connectivity index is 2.10. The largest absolute Gasteiger partial charge is 0.505 e. The second-order valence-corrected chi connectivity index (χ2v) is 4.56. The molecule has 88 valence electrons. The van der Waals surface area contributed by atoms with E-state index < -0.39 is 0 Å². The number of nitrogens with zero attached hydrogens (tertiary/aromatic N) is 1. The Kier molecular flexibility index (Phi) is 3.39. The van der Waals surface area contributed by atoms with E-state index in [1.165, 1.54) is 12.3 Å². The summed E-state index contributed by atoms with van der Waals surface area (Å²) in [4.78, 5) is 16.8. The summed E-state index contributed by atoms with van der Waals surface area (Å²) in [6, 6.07) is 6.81. The lowest BCUT2D eigenvalue weighted by atomic mass is 10.2. The molecule has 0 spiro atoms. The van der Waals surface area contributed by atoms with Crippen LogP contribution in [0, 0.1) is 0 Å². The van der Waals surface area contributed by atoms with Gasteiger partial charge in [0.1, 0.15) is 5.75 Å². The molecule has 2 heterocycles. The molecule has 0 aliphatic carbocycles. The van der Waals surface area contributed by atoms with Crippen LogP contribution >= 0.6 is 11.3 Å². The Morgan fingerprint density at radius 3 is 2.94 bits per heavy atom. The Morgan fingerprint density at radius 1 is 1.47 bits per heavy atom. The van der Waals surface area contributed by atoms with Gasteiger partial charge in [0, 0.05) is 11.1 Å². The van der Waals surface area contributed by atoms with Crippen molar-refractivity contribution in [2.45, 2.75) is 13.0 Å². The molecule has 1 atom stereocenters. The second-order valence-electron chi connectivity index (χ2n) is 3.58. The van der Waals surface area contributed by atoms with Crippen molar-refractivity contribution in [3.8, 4) is 5.75 Å². The number of hydrogen-bond donors (Lipinski definition) is 2. The van der Waals surface area contributed by atoms with Crippen LogP contribution in [0.5, 0.6) is 5.75 Å². The van der Waals surface area contributed by atoms with Gasteiger partial charge in [-0.05, 0) is 30.5 Å². The molecule has 2 N–H and O–H groups in total. The molecule has 2 aromatic rings. The van der Waals surface area contributed by atoms with Gasteiger partial charge in [-0.25, -0.2) is 4.98 Å². The lowest BCUT2D eigenvalue weighted by molar-refractivity contribution is 0.0932. The van der Waals surface area contributed by atoms with Gasteiger partial charge in [0.05, 0.1) is 6.04 Å². The lowest BCUT2D eigenvalue weighted by Gasteiger charge is -2.12. The first-order valence-electron chi connectivity index (χ1n) is 5.16. The number of carbonyl (C=O) groups excluding carboxylic acids is 1. The second kappa shape index (κ2) is 4.97. The molecule has 0 fully saturated rings. The molecule has 0 aromatic carbocycles. The summed E-state index contributed by atoms with van der Waals surface area (Å²) in [5.41, 5.74) is 0.0518. The maximum atomic E-state index is 11.8. The number of nitrogens with one attached hydrogen (secondary N) is 1. The zero-order chi connectivity index (χ0) is 12.3. The van der Waals surface area contributed by atoms with Crippen LogP contribution in [0.2, 0.25) is 0 Å². The molecule has 17 heavy (non-hydrogen) atoms. The molecule has 0 unspecified atom stereocenters. The van der Waals surface area contributed by atoms with Crippen LogP contribution in [-0.2, 0) is 0 Å². The molecule has 0 saturated carbocycles. The fourth-order valence-corrected chi connectivity index (χ4v) is 2.18. The minimum atomic E-state index is -0.371. The van der Waals surface area contributed by atoms with Crippen LogP contribution in [0.3, 0.4) is 0 Å². The van der Waals surface area contributed by atoms with E-state index in [1.54, 1.807) is 17.4 Å². The normalized spacial score (nSPS) is 12.1. The summed E-state index contributed by atoms with van der Waals surface area (Å²) in [6.45, 7) is 1.89. The zero-order valence-electron chi connectivity index (χ0n) is 9.25. The fourth-order valence-electron chi connectivity index (χ4n) is 1.45. The van der Waals surface area contributed by atoms with Gasteiger partial charge >= 0.3 is 0 Å². The standard InChI is InChI=1S/C12H12N2O2S/c1-8(10-5-3-7-17-10)14-12(16)11-9(15)4-2-6-13-11/h2-8,15H,1H3,(H,14,16)/t8-/m1/s1. The number of amides is 1. The van der Waals surface area contributed by atoms with E-state index in [0.29, 0.717) is 0 Å². The van der Waals surface area contributed by atoms with Crippen molar-refractivity contribution < 1.29 is 9.90 Å². The Morgan fingerprint density at radius 2 is 2.29 bits per heavy atom. The Hall–Kier alpha value is -1.88. The molecule has 0 aliphatic rings. The third kappa shape index (κ3) is 2.62. The number of carbonyl (C=O) groups is 1. The third-order valence-corrected chi connectivity index (χ3v) is 3.37. The number of thiophene rings is 1. The predicted octanol–water partition coefficient (Wildman–Crippen LogP) is 2.34. The van der Waals surface area contributed by atoms with E-state index >= 15 is 0 Å². The van der Waals surface area contributed by atoms with Crippen molar-refractivity contribution in [1.82, 2.24) is 10.3 Å². The van der Waals surface area contributed by atoms with Gasteiger partial charge in [0.2, 0.25) is 0 Å². The van der Waals surface area contributed by atoms with Crippen molar-refractivity contribution in [2.75, 3.05) is 0 Å². The number of aromatic hydroxyl groups is 1. The predicted molar refractivity (Wildman–Crippen MR) is 66.1 cm³/mol. The van der Waals surface area contributed by atoms with Crippen LogP contribution in [0.1, 0.15) is 28.3 Å². The van der Waals surface area contributed by atoms with Gasteiger partial charge in [0.15, 0.2) is 5.69 Å². The van der Waals surface area contributed by atoms with Crippen molar-refractivity contribution >= 4 is 17.2 Å². The minimum absolute atomic E-state index is 0.0518. The lowest BCUT2D eigenvalue weighted by Crippen LogP contribution is -2.26. The quantitative estimate of drug-likeness (QED) is 0.876. The van der Waals surface area contributed by atoms with E-state index in [4.69, 9.17) is 0 Å². The maximum Gasteiger partial charge on any atom is 0.274 e. The molecular formula is C12H12N2O2S. The first kappa shape index (κ1) is 11.6. The van der Waals surface area contributed by atoms with E-state index in [2.05, 4.69) is 10.3 Å². The maximum absolute atomic E-state index is 11.8. The molecular weight excluding hydrogens is 236 g/mol. The summed E-state index contributed by atoms with van der Waals surface area (Å²) in [7, 11) is 0. The molecule has 0 aliphatic heterocycles. The highest BCUT2D eigenvalue weighted by molar-refractivity contribution is 7.10. The van der Waals surface area contributed by atoms with Gasteiger partial charge in [0.25, 0.3) is 5.91 Å². The smallest absolute Gasteiger partial charge is 0.274 e.